The monoisotopic (exact) mass is 322 g/mol. The van der Waals surface area contributed by atoms with Crippen LogP contribution < -0.4 is 5.73 Å². The van der Waals surface area contributed by atoms with Crippen LogP contribution in [0.4, 0.5) is 5.69 Å². The molecule has 3 nitrogen and oxygen atoms in total. The fourth-order valence-electron chi connectivity index (χ4n) is 2.24. The smallest absolute Gasteiger partial charge is 0.307 e. The van der Waals surface area contributed by atoms with Crippen LogP contribution in [0.15, 0.2) is 36.4 Å². The summed E-state index contributed by atoms with van der Waals surface area (Å²) in [6.07, 6.45) is -0.102. The molecule has 0 aliphatic rings. The molecule has 0 heterocycles. The first-order valence-corrected chi connectivity index (χ1v) is 7.02. The van der Waals surface area contributed by atoms with Crippen molar-refractivity contribution < 1.29 is 9.90 Å². The summed E-state index contributed by atoms with van der Waals surface area (Å²) in [6, 6.07) is 11.5. The van der Waals surface area contributed by atoms with E-state index in [4.69, 9.17) is 23.1 Å². The zero-order valence-corrected chi connectivity index (χ0v) is 15.8. The Kier molecular flexibility index (Phi) is 6.75. The van der Waals surface area contributed by atoms with Crippen molar-refractivity contribution in [2.45, 2.75) is 20.3 Å². The number of hydrogen-bond donors (Lipinski definition) is 2. The third-order valence-corrected chi connectivity index (χ3v) is 3.87. The Morgan fingerprint density at radius 2 is 1.73 bits per heavy atom. The number of thiocarbonyl (C=S) groups is 1. The first-order chi connectivity index (χ1) is 9.90. The summed E-state index contributed by atoms with van der Waals surface area (Å²) in [4.78, 5) is 11.6. The maximum absolute atomic E-state index is 10.9. The van der Waals surface area contributed by atoms with Gasteiger partial charge in [-0.15, -0.1) is 0 Å². The Balaban J connectivity index is 0.00000242. The third kappa shape index (κ3) is 4.17. The Morgan fingerprint density at radius 3 is 2.27 bits per heavy atom. The summed E-state index contributed by atoms with van der Waals surface area (Å²) >= 11 is 5.55. The van der Waals surface area contributed by atoms with E-state index in [0.29, 0.717) is 16.1 Å². The van der Waals surface area contributed by atoms with E-state index >= 15 is 0 Å². The molecule has 0 aliphatic heterocycles. The van der Waals surface area contributed by atoms with E-state index in [1.807, 2.05) is 44.2 Å². The van der Waals surface area contributed by atoms with Crippen molar-refractivity contribution >= 4 is 58.3 Å². The van der Waals surface area contributed by atoms with Crippen LogP contribution in [0.3, 0.4) is 0 Å². The molecule has 0 fully saturated rings. The predicted molar refractivity (Wildman–Crippen MR) is 94.7 cm³/mol. The molecule has 0 saturated heterocycles. The molecule has 0 spiro atoms. The van der Waals surface area contributed by atoms with Crippen LogP contribution in [0, 0.1) is 13.8 Å². The molecule has 1 radical (unpaired) electrons. The van der Waals surface area contributed by atoms with Crippen LogP contribution in [0.5, 0.6) is 0 Å². The minimum Gasteiger partial charge on any atom is -0.481 e. The molecule has 0 unspecified atom stereocenters. The number of carbonyl (C=O) groups is 1. The second-order valence-corrected chi connectivity index (χ2v) is 5.50. The number of nitrogen functional groups attached to an aromatic ring is 1. The van der Waals surface area contributed by atoms with E-state index in [1.54, 1.807) is 6.07 Å². The molecule has 0 atom stereocenters. The Bertz CT molecular complexity index is 711. The molecular weight excluding hydrogens is 305 g/mol. The second kappa shape index (κ2) is 7.88. The number of carboxylic acid groups (broad SMARTS) is 1. The van der Waals surface area contributed by atoms with Crippen molar-refractivity contribution in [3.63, 3.8) is 0 Å². The number of nitrogens with two attached hydrogens (primary N) is 1. The standard InChI is InChI=1S/C17H17NO2S.Na/c1-10-3-6-12(7-4-10)17(21)15-11(2)5-8-13(16(15)18)9-14(19)20;/h3-8H,9,18H2,1-2H3,(H,19,20);. The minimum absolute atomic E-state index is 0. The van der Waals surface area contributed by atoms with Crippen molar-refractivity contribution in [3.05, 3.63) is 64.2 Å². The Hall–Kier alpha value is -1.20. The molecule has 0 aliphatic carbocycles. The van der Waals surface area contributed by atoms with Crippen molar-refractivity contribution in [3.8, 4) is 0 Å². The van der Waals surface area contributed by atoms with Gasteiger partial charge in [-0.1, -0.05) is 54.2 Å². The molecule has 0 aromatic heterocycles. The molecule has 2 aromatic carbocycles. The van der Waals surface area contributed by atoms with Crippen LogP contribution in [0.1, 0.15) is 27.8 Å². The van der Waals surface area contributed by atoms with Gasteiger partial charge in [0.1, 0.15) is 0 Å². The van der Waals surface area contributed by atoms with Gasteiger partial charge >= 0.3 is 5.97 Å². The number of aryl methyl sites for hydroxylation is 2. The molecular formula is C17H17NNaO2S. The van der Waals surface area contributed by atoms with Crippen LogP contribution in [0.25, 0.3) is 0 Å². The summed E-state index contributed by atoms with van der Waals surface area (Å²) in [5, 5.41) is 8.95. The summed E-state index contributed by atoms with van der Waals surface area (Å²) in [6.45, 7) is 3.94. The fraction of sp³-hybridized carbons (Fsp3) is 0.176. The van der Waals surface area contributed by atoms with Gasteiger partial charge in [-0.3, -0.25) is 4.79 Å². The largest absolute Gasteiger partial charge is 0.481 e. The van der Waals surface area contributed by atoms with E-state index in [1.165, 1.54) is 0 Å². The Labute approximate surface area is 157 Å². The van der Waals surface area contributed by atoms with Crippen molar-refractivity contribution in [1.82, 2.24) is 0 Å². The predicted octanol–water partition coefficient (Wildman–Crippen LogP) is 2.90. The van der Waals surface area contributed by atoms with Gasteiger partial charge in [-0.2, -0.15) is 0 Å². The normalized spacial score (nSPS) is 9.91. The van der Waals surface area contributed by atoms with Gasteiger partial charge in [0.2, 0.25) is 0 Å². The molecule has 3 N–H and O–H groups in total. The minimum atomic E-state index is -0.905. The number of carboxylic acids is 1. The van der Waals surface area contributed by atoms with Crippen molar-refractivity contribution in [2.24, 2.45) is 0 Å². The number of aliphatic carboxylic acids is 1. The average Bonchev–Trinajstić information content (AvgIpc) is 2.42. The van der Waals surface area contributed by atoms with E-state index in [9.17, 15) is 4.79 Å². The van der Waals surface area contributed by atoms with Gasteiger partial charge in [0.15, 0.2) is 0 Å². The van der Waals surface area contributed by atoms with Crippen LogP contribution >= 0.6 is 12.2 Å². The molecule has 109 valence electrons. The molecule has 2 rings (SSSR count). The topological polar surface area (TPSA) is 63.3 Å². The SMILES string of the molecule is Cc1ccc(C(=S)c2c(C)ccc(CC(=O)O)c2N)cc1.[Na]. The maximum Gasteiger partial charge on any atom is 0.307 e. The number of anilines is 1. The maximum atomic E-state index is 10.9. The van der Waals surface area contributed by atoms with Gasteiger partial charge in [0.25, 0.3) is 0 Å². The molecule has 22 heavy (non-hydrogen) atoms. The summed E-state index contributed by atoms with van der Waals surface area (Å²) in [5.74, 6) is -0.905. The molecule has 0 bridgehead atoms. The van der Waals surface area contributed by atoms with Gasteiger partial charge in [-0.05, 0) is 30.5 Å². The molecule has 0 saturated carbocycles. The zero-order chi connectivity index (χ0) is 15.6. The van der Waals surface area contributed by atoms with E-state index in [2.05, 4.69) is 0 Å². The summed E-state index contributed by atoms with van der Waals surface area (Å²) < 4.78 is 0. The quantitative estimate of drug-likeness (QED) is 0.393. The van der Waals surface area contributed by atoms with Crippen LogP contribution in [-0.4, -0.2) is 45.5 Å². The van der Waals surface area contributed by atoms with E-state index in [0.717, 1.165) is 22.3 Å². The summed E-state index contributed by atoms with van der Waals surface area (Å²) in [7, 11) is 0. The third-order valence-electron chi connectivity index (χ3n) is 3.43. The number of rotatable bonds is 4. The van der Waals surface area contributed by atoms with E-state index in [-0.39, 0.29) is 36.0 Å². The summed E-state index contributed by atoms with van der Waals surface area (Å²) in [5.41, 5.74) is 11.0. The molecule has 5 heteroatoms. The fourth-order valence-corrected chi connectivity index (χ4v) is 2.65. The van der Waals surface area contributed by atoms with Crippen LogP contribution in [-0.2, 0) is 11.2 Å². The van der Waals surface area contributed by atoms with Crippen molar-refractivity contribution in [1.29, 1.82) is 0 Å². The first-order valence-electron chi connectivity index (χ1n) is 6.61. The molecule has 2 aromatic rings. The average molecular weight is 322 g/mol. The van der Waals surface area contributed by atoms with Gasteiger partial charge in [0, 0.05) is 40.8 Å². The molecule has 0 amide bonds. The zero-order valence-electron chi connectivity index (χ0n) is 13.0. The van der Waals surface area contributed by atoms with Crippen molar-refractivity contribution in [2.75, 3.05) is 5.73 Å². The van der Waals surface area contributed by atoms with Gasteiger partial charge in [-0.25, -0.2) is 0 Å². The number of benzene rings is 2. The van der Waals surface area contributed by atoms with E-state index < -0.39 is 5.97 Å². The first kappa shape index (κ1) is 18.8. The Morgan fingerprint density at radius 1 is 1.14 bits per heavy atom. The van der Waals surface area contributed by atoms with Crippen LogP contribution in [0.2, 0.25) is 0 Å². The van der Waals surface area contributed by atoms with Gasteiger partial charge < -0.3 is 10.8 Å². The number of hydrogen-bond acceptors (Lipinski definition) is 3. The second-order valence-electron chi connectivity index (χ2n) is 5.10. The van der Waals surface area contributed by atoms with Gasteiger partial charge in [0.05, 0.1) is 11.3 Å².